The average Bonchev–Trinajstić information content (AvgIpc) is 2.45. The highest BCUT2D eigenvalue weighted by Gasteiger charge is 2.51. The van der Waals surface area contributed by atoms with E-state index in [2.05, 4.69) is 5.92 Å². The molecule has 100 valence electrons. The third-order valence-corrected chi connectivity index (χ3v) is 3.88. The summed E-state index contributed by atoms with van der Waals surface area (Å²) in [6.07, 6.45) is 5.43. The van der Waals surface area contributed by atoms with Gasteiger partial charge in [0.25, 0.3) is 0 Å². The topological polar surface area (TPSA) is 40.5 Å². The molecule has 0 saturated carbocycles. The molecule has 1 fully saturated rings. The maximum Gasteiger partial charge on any atom is 0.232 e. The van der Waals surface area contributed by atoms with Crippen molar-refractivity contribution in [3.8, 4) is 12.3 Å². The Balaban J connectivity index is 2.19. The van der Waals surface area contributed by atoms with Gasteiger partial charge >= 0.3 is 0 Å². The predicted molar refractivity (Wildman–Crippen MR) is 74.1 cm³/mol. The maximum absolute atomic E-state index is 12.2. The van der Waals surface area contributed by atoms with Crippen LogP contribution in [-0.4, -0.2) is 28.1 Å². The summed E-state index contributed by atoms with van der Waals surface area (Å²) in [5.41, 5.74) is 1.06. The number of carbonyl (C=O) groups excluding carboxylic acids is 1. The second-order valence-electron chi connectivity index (χ2n) is 4.95. The summed E-state index contributed by atoms with van der Waals surface area (Å²) in [5.74, 6) is 2.15. The second-order valence-corrected chi connectivity index (χ2v) is 4.95. The summed E-state index contributed by atoms with van der Waals surface area (Å²) in [6, 6.07) is 9.42. The van der Waals surface area contributed by atoms with Gasteiger partial charge in [0.1, 0.15) is 6.04 Å². The average molecular weight is 257 g/mol. The van der Waals surface area contributed by atoms with Gasteiger partial charge in [-0.15, -0.1) is 6.42 Å². The Labute approximate surface area is 114 Å². The molecule has 1 heterocycles. The summed E-state index contributed by atoms with van der Waals surface area (Å²) in [6.45, 7) is 3.82. The van der Waals surface area contributed by atoms with Gasteiger partial charge in [-0.3, -0.25) is 4.79 Å². The van der Waals surface area contributed by atoms with E-state index in [9.17, 15) is 9.90 Å². The Morgan fingerprint density at radius 2 is 2.05 bits per heavy atom. The van der Waals surface area contributed by atoms with E-state index < -0.39 is 12.0 Å². The van der Waals surface area contributed by atoms with Gasteiger partial charge in [0.05, 0.1) is 18.1 Å². The maximum atomic E-state index is 12.2. The van der Waals surface area contributed by atoms with Gasteiger partial charge in [-0.2, -0.15) is 0 Å². The van der Waals surface area contributed by atoms with Gasteiger partial charge in [-0.1, -0.05) is 43.2 Å². The van der Waals surface area contributed by atoms with Crippen LogP contribution in [0, 0.1) is 18.3 Å². The van der Waals surface area contributed by atoms with Crippen molar-refractivity contribution in [3.63, 3.8) is 0 Å². The fourth-order valence-electron chi connectivity index (χ4n) is 2.67. The van der Waals surface area contributed by atoms with Gasteiger partial charge in [-0.05, 0) is 18.9 Å². The summed E-state index contributed by atoms with van der Waals surface area (Å²) < 4.78 is 0. The molecule has 1 amide bonds. The zero-order valence-corrected chi connectivity index (χ0v) is 11.3. The molecule has 19 heavy (non-hydrogen) atoms. The predicted octanol–water partition coefficient (Wildman–Crippen LogP) is 1.98. The van der Waals surface area contributed by atoms with Crippen LogP contribution >= 0.6 is 0 Å². The standard InChI is InChI=1S/C16H19NO2/c1-4-13-15(14(18)5-2)16(19)17(13)11(3)12-9-7-6-8-10-12/h1,6-11,13-15,18H,5H2,2-3H3/t11-,13-,14?,15-/m1/s1. The Bertz CT molecular complexity index is 491. The molecule has 0 spiro atoms. The minimum atomic E-state index is -0.646. The first-order valence-corrected chi connectivity index (χ1v) is 6.63. The lowest BCUT2D eigenvalue weighted by Crippen LogP contribution is -2.64. The minimum absolute atomic E-state index is 0.0475. The van der Waals surface area contributed by atoms with E-state index in [0.717, 1.165) is 5.56 Å². The normalized spacial score (nSPS) is 25.4. The third-order valence-electron chi connectivity index (χ3n) is 3.88. The van der Waals surface area contributed by atoms with Crippen LogP contribution in [0.5, 0.6) is 0 Å². The summed E-state index contributed by atoms with van der Waals surface area (Å²) in [4.78, 5) is 13.9. The van der Waals surface area contributed by atoms with Crippen LogP contribution in [0.4, 0.5) is 0 Å². The van der Waals surface area contributed by atoms with Crippen molar-refractivity contribution in [2.75, 3.05) is 0 Å². The Morgan fingerprint density at radius 1 is 1.42 bits per heavy atom. The molecule has 1 aromatic carbocycles. The van der Waals surface area contributed by atoms with E-state index >= 15 is 0 Å². The van der Waals surface area contributed by atoms with E-state index in [-0.39, 0.29) is 18.0 Å². The van der Waals surface area contributed by atoms with Gasteiger partial charge in [-0.25, -0.2) is 0 Å². The molecule has 2 rings (SSSR count). The lowest BCUT2D eigenvalue weighted by Gasteiger charge is -2.49. The number of hydrogen-bond donors (Lipinski definition) is 1. The summed E-state index contributed by atoms with van der Waals surface area (Å²) >= 11 is 0. The molecule has 0 bridgehead atoms. The highest BCUT2D eigenvalue weighted by Crippen LogP contribution is 2.37. The molecule has 0 aromatic heterocycles. The zero-order chi connectivity index (χ0) is 14.0. The fourth-order valence-corrected chi connectivity index (χ4v) is 2.67. The molecule has 1 aromatic rings. The molecular formula is C16H19NO2. The van der Waals surface area contributed by atoms with Crippen molar-refractivity contribution in [2.24, 2.45) is 5.92 Å². The van der Waals surface area contributed by atoms with Gasteiger partial charge in [0.2, 0.25) is 5.91 Å². The Hall–Kier alpha value is -1.79. The molecule has 1 aliphatic heterocycles. The molecule has 1 N–H and O–H groups in total. The second kappa shape index (κ2) is 5.46. The quantitative estimate of drug-likeness (QED) is 0.662. The first-order chi connectivity index (χ1) is 9.11. The number of hydrogen-bond acceptors (Lipinski definition) is 2. The van der Waals surface area contributed by atoms with Crippen LogP contribution < -0.4 is 0 Å². The van der Waals surface area contributed by atoms with E-state index in [4.69, 9.17) is 6.42 Å². The largest absolute Gasteiger partial charge is 0.392 e. The Morgan fingerprint density at radius 3 is 2.58 bits per heavy atom. The van der Waals surface area contributed by atoms with Crippen LogP contribution in [0.2, 0.25) is 0 Å². The molecule has 3 heteroatoms. The molecule has 1 unspecified atom stereocenters. The van der Waals surface area contributed by atoms with E-state index in [1.807, 2.05) is 44.2 Å². The summed E-state index contributed by atoms with van der Waals surface area (Å²) in [5, 5.41) is 9.88. The zero-order valence-electron chi connectivity index (χ0n) is 11.3. The molecule has 0 radical (unpaired) electrons. The smallest absolute Gasteiger partial charge is 0.232 e. The van der Waals surface area contributed by atoms with E-state index in [1.165, 1.54) is 0 Å². The van der Waals surface area contributed by atoms with Crippen molar-refractivity contribution in [1.82, 2.24) is 4.90 Å². The molecule has 1 saturated heterocycles. The number of nitrogens with zero attached hydrogens (tertiary/aromatic N) is 1. The SMILES string of the molecule is C#C[C@@H]1[C@H](C(O)CC)C(=O)N1[C@H](C)c1ccccc1. The molecule has 0 aliphatic carbocycles. The van der Waals surface area contributed by atoms with Crippen molar-refractivity contribution >= 4 is 5.91 Å². The minimum Gasteiger partial charge on any atom is -0.392 e. The highest BCUT2D eigenvalue weighted by atomic mass is 16.3. The summed E-state index contributed by atoms with van der Waals surface area (Å²) in [7, 11) is 0. The van der Waals surface area contributed by atoms with Gasteiger partial charge < -0.3 is 10.0 Å². The van der Waals surface area contributed by atoms with Crippen LogP contribution in [-0.2, 0) is 4.79 Å². The molecular weight excluding hydrogens is 238 g/mol. The monoisotopic (exact) mass is 257 g/mol. The first kappa shape index (κ1) is 13.6. The fraction of sp³-hybridized carbons (Fsp3) is 0.438. The number of carbonyl (C=O) groups is 1. The van der Waals surface area contributed by atoms with Crippen molar-refractivity contribution in [1.29, 1.82) is 0 Å². The van der Waals surface area contributed by atoms with Gasteiger partial charge in [0.15, 0.2) is 0 Å². The van der Waals surface area contributed by atoms with Crippen LogP contribution in [0.15, 0.2) is 30.3 Å². The molecule has 1 aliphatic rings. The Kier molecular flexibility index (Phi) is 3.92. The number of aliphatic hydroxyl groups is 1. The number of terminal acetylenes is 1. The van der Waals surface area contributed by atoms with E-state index in [1.54, 1.807) is 4.90 Å². The molecule has 3 nitrogen and oxygen atoms in total. The number of amides is 1. The van der Waals surface area contributed by atoms with Crippen LogP contribution in [0.25, 0.3) is 0 Å². The van der Waals surface area contributed by atoms with Crippen molar-refractivity contribution in [2.45, 2.75) is 38.5 Å². The van der Waals surface area contributed by atoms with E-state index in [0.29, 0.717) is 6.42 Å². The van der Waals surface area contributed by atoms with Crippen LogP contribution in [0.1, 0.15) is 31.9 Å². The molecule has 4 atom stereocenters. The lowest BCUT2D eigenvalue weighted by molar-refractivity contribution is -0.164. The van der Waals surface area contributed by atoms with Crippen molar-refractivity contribution in [3.05, 3.63) is 35.9 Å². The first-order valence-electron chi connectivity index (χ1n) is 6.63. The number of β-lactam (4-membered cyclic amide) rings is 1. The van der Waals surface area contributed by atoms with Crippen LogP contribution in [0.3, 0.4) is 0 Å². The highest BCUT2D eigenvalue weighted by molar-refractivity contribution is 5.88. The third kappa shape index (κ3) is 2.24. The number of rotatable bonds is 4. The van der Waals surface area contributed by atoms with Gasteiger partial charge in [0, 0.05) is 0 Å². The number of benzene rings is 1. The van der Waals surface area contributed by atoms with Crippen molar-refractivity contribution < 1.29 is 9.90 Å². The number of likely N-dealkylation sites (tertiary alicyclic amines) is 1. The lowest BCUT2D eigenvalue weighted by atomic mass is 9.80. The number of aliphatic hydroxyl groups excluding tert-OH is 1.